The molecule has 1 aliphatic rings. The van der Waals surface area contributed by atoms with Crippen molar-refractivity contribution >= 4 is 16.8 Å². The summed E-state index contributed by atoms with van der Waals surface area (Å²) in [5.41, 5.74) is 1.52. The molecule has 4 rings (SSSR count). The van der Waals surface area contributed by atoms with Crippen LogP contribution in [0.3, 0.4) is 0 Å². The van der Waals surface area contributed by atoms with Crippen molar-refractivity contribution in [3.63, 3.8) is 0 Å². The Balaban J connectivity index is 1.30. The third-order valence-electron chi connectivity index (χ3n) is 5.11. The van der Waals surface area contributed by atoms with Crippen LogP contribution < -0.4 is 10.9 Å². The lowest BCUT2D eigenvalue weighted by atomic mass is 10.0. The molecule has 1 amide bonds. The molecule has 1 aromatic carbocycles. The van der Waals surface area contributed by atoms with Gasteiger partial charge in [0.25, 0.3) is 5.56 Å². The van der Waals surface area contributed by atoms with Crippen LogP contribution in [0.25, 0.3) is 10.9 Å². The van der Waals surface area contributed by atoms with Crippen molar-refractivity contribution in [2.45, 2.75) is 32.0 Å². The molecular weight excluding hydrogens is 354 g/mol. The Morgan fingerprint density at radius 3 is 2.64 bits per heavy atom. The molecule has 0 bridgehead atoms. The second-order valence-electron chi connectivity index (χ2n) is 7.13. The first-order valence-electron chi connectivity index (χ1n) is 9.55. The normalized spacial score (nSPS) is 15.6. The lowest BCUT2D eigenvalue weighted by molar-refractivity contribution is -0.122. The smallest absolute Gasteiger partial charge is 0.261 e. The molecule has 144 valence electrons. The van der Waals surface area contributed by atoms with Gasteiger partial charge in [-0.1, -0.05) is 18.2 Å². The molecule has 3 aromatic rings. The van der Waals surface area contributed by atoms with Crippen molar-refractivity contribution in [2.75, 3.05) is 13.1 Å². The molecule has 1 fully saturated rings. The summed E-state index contributed by atoms with van der Waals surface area (Å²) in [6.07, 6.45) is 5.04. The van der Waals surface area contributed by atoms with Gasteiger partial charge in [-0.2, -0.15) is 0 Å². The number of para-hydroxylation sites is 1. The van der Waals surface area contributed by atoms with Crippen LogP contribution in [-0.2, 0) is 17.9 Å². The van der Waals surface area contributed by atoms with E-state index >= 15 is 0 Å². The lowest BCUT2D eigenvalue weighted by Crippen LogP contribution is -2.45. The predicted octanol–water partition coefficient (Wildman–Crippen LogP) is 1.57. The third-order valence-corrected chi connectivity index (χ3v) is 5.11. The van der Waals surface area contributed by atoms with E-state index in [2.05, 4.69) is 20.2 Å². The number of aromatic nitrogens is 3. The first-order chi connectivity index (χ1) is 13.7. The summed E-state index contributed by atoms with van der Waals surface area (Å²) in [5.74, 6) is -0.151. The van der Waals surface area contributed by atoms with E-state index in [1.165, 1.54) is 10.9 Å². The fraction of sp³-hybridized carbons (Fsp3) is 0.333. The predicted molar refractivity (Wildman–Crippen MR) is 107 cm³/mol. The number of nitrogens with zero attached hydrogens (tertiary/aromatic N) is 4. The van der Waals surface area contributed by atoms with Crippen LogP contribution in [0.2, 0.25) is 0 Å². The van der Waals surface area contributed by atoms with E-state index in [0.29, 0.717) is 10.9 Å². The number of rotatable bonds is 5. The highest BCUT2D eigenvalue weighted by Crippen LogP contribution is 2.13. The number of hydrogen-bond acceptors (Lipinski definition) is 5. The van der Waals surface area contributed by atoms with Crippen molar-refractivity contribution in [3.05, 3.63) is 71.0 Å². The van der Waals surface area contributed by atoms with Gasteiger partial charge in [-0.3, -0.25) is 24.0 Å². The van der Waals surface area contributed by atoms with Crippen molar-refractivity contribution in [3.8, 4) is 0 Å². The SMILES string of the molecule is O=C(Cn1cnc2ccccc2c1=O)NC1CCN(Cc2ccccn2)CC1. The molecule has 1 saturated heterocycles. The Labute approximate surface area is 163 Å². The van der Waals surface area contributed by atoms with Gasteiger partial charge in [0.15, 0.2) is 0 Å². The van der Waals surface area contributed by atoms with Gasteiger partial charge in [-0.15, -0.1) is 0 Å². The Morgan fingerprint density at radius 1 is 1.07 bits per heavy atom. The van der Waals surface area contributed by atoms with E-state index < -0.39 is 0 Å². The van der Waals surface area contributed by atoms with Crippen molar-refractivity contribution in [1.82, 2.24) is 24.8 Å². The highest BCUT2D eigenvalue weighted by Gasteiger charge is 2.21. The maximum absolute atomic E-state index is 12.5. The first kappa shape index (κ1) is 18.3. The number of hydrogen-bond donors (Lipinski definition) is 1. The number of carbonyl (C=O) groups is 1. The van der Waals surface area contributed by atoms with E-state index in [-0.39, 0.29) is 24.1 Å². The van der Waals surface area contributed by atoms with Gasteiger partial charge >= 0.3 is 0 Å². The summed E-state index contributed by atoms with van der Waals surface area (Å²) < 4.78 is 1.37. The van der Waals surface area contributed by atoms with Gasteiger partial charge in [0.2, 0.25) is 5.91 Å². The van der Waals surface area contributed by atoms with Crippen molar-refractivity contribution in [1.29, 1.82) is 0 Å². The molecule has 7 nitrogen and oxygen atoms in total. The number of likely N-dealkylation sites (tertiary alicyclic amines) is 1. The minimum atomic E-state index is -0.189. The van der Waals surface area contributed by atoms with Gasteiger partial charge < -0.3 is 5.32 Å². The molecule has 28 heavy (non-hydrogen) atoms. The number of pyridine rings is 1. The summed E-state index contributed by atoms with van der Waals surface area (Å²) in [6.45, 7) is 2.66. The molecule has 0 aliphatic carbocycles. The van der Waals surface area contributed by atoms with Crippen LogP contribution in [0.4, 0.5) is 0 Å². The number of piperidine rings is 1. The maximum atomic E-state index is 12.5. The van der Waals surface area contributed by atoms with Gasteiger partial charge in [0.1, 0.15) is 6.54 Å². The average Bonchev–Trinajstić information content (AvgIpc) is 2.72. The van der Waals surface area contributed by atoms with Crippen LogP contribution >= 0.6 is 0 Å². The number of fused-ring (bicyclic) bond motifs is 1. The molecular formula is C21H23N5O2. The number of carbonyl (C=O) groups excluding carboxylic acids is 1. The average molecular weight is 377 g/mol. The monoisotopic (exact) mass is 377 g/mol. The van der Waals surface area contributed by atoms with E-state index in [1.807, 2.05) is 30.5 Å². The van der Waals surface area contributed by atoms with Gasteiger partial charge in [-0.05, 0) is 37.1 Å². The van der Waals surface area contributed by atoms with Gasteiger partial charge in [-0.25, -0.2) is 4.98 Å². The van der Waals surface area contributed by atoms with Crippen LogP contribution in [0.1, 0.15) is 18.5 Å². The second-order valence-corrected chi connectivity index (χ2v) is 7.13. The van der Waals surface area contributed by atoms with Crippen LogP contribution in [-0.4, -0.2) is 44.5 Å². The van der Waals surface area contributed by atoms with Crippen molar-refractivity contribution < 1.29 is 4.79 Å². The summed E-state index contributed by atoms with van der Waals surface area (Å²) in [6, 6.07) is 13.2. The largest absolute Gasteiger partial charge is 0.352 e. The molecule has 0 radical (unpaired) electrons. The Morgan fingerprint density at radius 2 is 1.86 bits per heavy atom. The van der Waals surface area contributed by atoms with E-state index in [0.717, 1.165) is 38.2 Å². The second kappa shape index (κ2) is 8.31. The molecule has 7 heteroatoms. The van der Waals surface area contributed by atoms with Crippen LogP contribution in [0.5, 0.6) is 0 Å². The summed E-state index contributed by atoms with van der Waals surface area (Å²) in [5, 5.41) is 3.59. The zero-order valence-electron chi connectivity index (χ0n) is 15.6. The van der Waals surface area contributed by atoms with Gasteiger partial charge in [0.05, 0.1) is 22.9 Å². The van der Waals surface area contributed by atoms with Crippen LogP contribution in [0, 0.1) is 0 Å². The third kappa shape index (κ3) is 4.26. The fourth-order valence-electron chi connectivity index (χ4n) is 3.60. The van der Waals surface area contributed by atoms with Crippen molar-refractivity contribution in [2.24, 2.45) is 0 Å². The highest BCUT2D eigenvalue weighted by molar-refractivity contribution is 5.79. The highest BCUT2D eigenvalue weighted by atomic mass is 16.2. The molecule has 1 N–H and O–H groups in total. The first-order valence-corrected chi connectivity index (χ1v) is 9.55. The number of benzene rings is 1. The van der Waals surface area contributed by atoms with E-state index in [4.69, 9.17) is 0 Å². The fourth-order valence-corrected chi connectivity index (χ4v) is 3.60. The molecule has 2 aromatic heterocycles. The zero-order chi connectivity index (χ0) is 19.3. The molecule has 0 unspecified atom stereocenters. The zero-order valence-corrected chi connectivity index (χ0v) is 15.6. The molecule has 3 heterocycles. The molecule has 1 aliphatic heterocycles. The van der Waals surface area contributed by atoms with Gasteiger partial charge in [0, 0.05) is 31.9 Å². The molecule has 0 saturated carbocycles. The Kier molecular flexibility index (Phi) is 5.43. The minimum absolute atomic E-state index is 0.00911. The standard InChI is InChI=1S/C21H23N5O2/c27-20(14-26-15-23-19-7-2-1-6-18(19)21(26)28)24-16-8-11-25(12-9-16)13-17-5-3-4-10-22-17/h1-7,10,15-16H,8-9,11-14H2,(H,24,27). The van der Waals surface area contributed by atoms with E-state index in [9.17, 15) is 9.59 Å². The minimum Gasteiger partial charge on any atom is -0.352 e. The molecule has 0 spiro atoms. The summed E-state index contributed by atoms with van der Waals surface area (Å²) >= 11 is 0. The lowest BCUT2D eigenvalue weighted by Gasteiger charge is -2.32. The van der Waals surface area contributed by atoms with Crippen LogP contribution in [0.15, 0.2) is 59.8 Å². The number of amides is 1. The summed E-state index contributed by atoms with van der Waals surface area (Å²) in [4.78, 5) is 35.9. The Bertz CT molecular complexity index is 1010. The number of nitrogens with one attached hydrogen (secondary N) is 1. The Hall–Kier alpha value is -3.06. The van der Waals surface area contributed by atoms with E-state index in [1.54, 1.807) is 18.2 Å². The quantitative estimate of drug-likeness (QED) is 0.730. The maximum Gasteiger partial charge on any atom is 0.261 e. The topological polar surface area (TPSA) is 80.1 Å². The molecule has 0 atom stereocenters. The summed E-state index contributed by atoms with van der Waals surface area (Å²) in [7, 11) is 0.